The zero-order valence-electron chi connectivity index (χ0n) is 11.3. The summed E-state index contributed by atoms with van der Waals surface area (Å²) < 4.78 is 0. The molecule has 6 nitrogen and oxygen atoms in total. The Kier molecular flexibility index (Phi) is 5.55. The maximum atomic E-state index is 11.8. The van der Waals surface area contributed by atoms with Crippen molar-refractivity contribution in [2.24, 2.45) is 0 Å². The van der Waals surface area contributed by atoms with E-state index in [-0.39, 0.29) is 5.91 Å². The Labute approximate surface area is 108 Å². The van der Waals surface area contributed by atoms with Gasteiger partial charge in [0.1, 0.15) is 6.04 Å². The van der Waals surface area contributed by atoms with Gasteiger partial charge in [-0.25, -0.2) is 0 Å². The van der Waals surface area contributed by atoms with E-state index in [1.54, 1.807) is 11.8 Å². The molecule has 0 aliphatic carbocycles. The molecule has 104 valence electrons. The number of hydrogen-bond acceptors (Lipinski definition) is 4. The third kappa shape index (κ3) is 4.27. The van der Waals surface area contributed by atoms with E-state index in [0.29, 0.717) is 38.8 Å². The standard InChI is InChI=1S/C12H23N3O3/c1-9(2)13-8-11(16)15-6-4-14(5-7-15)10(3)12(17)18/h9-10,13H,4-8H2,1-3H3,(H,17,18). The van der Waals surface area contributed by atoms with E-state index in [1.165, 1.54) is 0 Å². The third-order valence-electron chi connectivity index (χ3n) is 3.23. The van der Waals surface area contributed by atoms with Crippen LogP contribution in [0.3, 0.4) is 0 Å². The highest BCUT2D eigenvalue weighted by Gasteiger charge is 2.26. The zero-order chi connectivity index (χ0) is 13.7. The summed E-state index contributed by atoms with van der Waals surface area (Å²) in [6.07, 6.45) is 0. The van der Waals surface area contributed by atoms with Gasteiger partial charge in [0, 0.05) is 32.2 Å². The molecule has 0 aromatic carbocycles. The molecule has 0 spiro atoms. The van der Waals surface area contributed by atoms with Crippen molar-refractivity contribution in [3.8, 4) is 0 Å². The van der Waals surface area contributed by atoms with E-state index in [4.69, 9.17) is 5.11 Å². The van der Waals surface area contributed by atoms with Crippen LogP contribution in [0.4, 0.5) is 0 Å². The van der Waals surface area contributed by atoms with Crippen LogP contribution in [0, 0.1) is 0 Å². The molecule has 1 saturated heterocycles. The van der Waals surface area contributed by atoms with Crippen molar-refractivity contribution >= 4 is 11.9 Å². The first kappa shape index (κ1) is 14.9. The van der Waals surface area contributed by atoms with E-state index < -0.39 is 12.0 Å². The lowest BCUT2D eigenvalue weighted by atomic mass is 10.2. The molecule has 1 unspecified atom stereocenters. The lowest BCUT2D eigenvalue weighted by Crippen LogP contribution is -2.54. The number of piperazine rings is 1. The van der Waals surface area contributed by atoms with Gasteiger partial charge in [-0.05, 0) is 6.92 Å². The van der Waals surface area contributed by atoms with E-state index in [9.17, 15) is 9.59 Å². The van der Waals surface area contributed by atoms with Crippen LogP contribution in [-0.2, 0) is 9.59 Å². The molecule has 1 amide bonds. The molecule has 1 heterocycles. The van der Waals surface area contributed by atoms with Crippen molar-refractivity contribution in [3.63, 3.8) is 0 Å². The number of hydrogen-bond donors (Lipinski definition) is 2. The fraction of sp³-hybridized carbons (Fsp3) is 0.833. The summed E-state index contributed by atoms with van der Waals surface area (Å²) in [5, 5.41) is 12.0. The van der Waals surface area contributed by atoms with Crippen LogP contribution in [0.2, 0.25) is 0 Å². The second kappa shape index (κ2) is 6.70. The van der Waals surface area contributed by atoms with Gasteiger partial charge >= 0.3 is 5.97 Å². The topological polar surface area (TPSA) is 72.9 Å². The smallest absolute Gasteiger partial charge is 0.320 e. The summed E-state index contributed by atoms with van der Waals surface area (Å²) in [5.41, 5.74) is 0. The van der Waals surface area contributed by atoms with E-state index in [2.05, 4.69) is 5.32 Å². The van der Waals surface area contributed by atoms with Crippen LogP contribution >= 0.6 is 0 Å². The van der Waals surface area contributed by atoms with E-state index in [0.717, 1.165) is 0 Å². The average molecular weight is 257 g/mol. The minimum absolute atomic E-state index is 0.0892. The van der Waals surface area contributed by atoms with Crippen molar-refractivity contribution in [2.75, 3.05) is 32.7 Å². The van der Waals surface area contributed by atoms with Crippen LogP contribution in [0.25, 0.3) is 0 Å². The van der Waals surface area contributed by atoms with Gasteiger partial charge in [0.15, 0.2) is 0 Å². The van der Waals surface area contributed by atoms with Crippen LogP contribution in [-0.4, -0.2) is 71.6 Å². The summed E-state index contributed by atoms with van der Waals surface area (Å²) in [7, 11) is 0. The normalized spacial score (nSPS) is 19.0. The first-order valence-electron chi connectivity index (χ1n) is 6.40. The van der Waals surface area contributed by atoms with Gasteiger partial charge in [0.2, 0.25) is 5.91 Å². The maximum absolute atomic E-state index is 11.8. The van der Waals surface area contributed by atoms with Crippen molar-refractivity contribution in [2.45, 2.75) is 32.9 Å². The number of aliphatic carboxylic acids is 1. The molecule has 0 saturated carbocycles. The molecule has 1 aliphatic rings. The van der Waals surface area contributed by atoms with E-state index in [1.807, 2.05) is 18.7 Å². The number of nitrogens with zero attached hydrogens (tertiary/aromatic N) is 2. The first-order valence-corrected chi connectivity index (χ1v) is 6.40. The third-order valence-corrected chi connectivity index (χ3v) is 3.23. The molecule has 18 heavy (non-hydrogen) atoms. The fourth-order valence-electron chi connectivity index (χ4n) is 1.92. The van der Waals surface area contributed by atoms with Crippen molar-refractivity contribution in [1.29, 1.82) is 0 Å². The zero-order valence-corrected chi connectivity index (χ0v) is 11.3. The molecule has 2 N–H and O–H groups in total. The number of amides is 1. The SMILES string of the molecule is CC(C)NCC(=O)N1CCN(C(C)C(=O)O)CC1. The monoisotopic (exact) mass is 257 g/mol. The highest BCUT2D eigenvalue weighted by Crippen LogP contribution is 2.06. The number of carboxylic acid groups (broad SMARTS) is 1. The molecular formula is C12H23N3O3. The van der Waals surface area contributed by atoms with Gasteiger partial charge in [0.25, 0.3) is 0 Å². The molecule has 0 aromatic heterocycles. The van der Waals surface area contributed by atoms with Gasteiger partial charge < -0.3 is 15.3 Å². The Morgan fingerprint density at radius 2 is 1.72 bits per heavy atom. The van der Waals surface area contributed by atoms with Crippen LogP contribution in [0.5, 0.6) is 0 Å². The van der Waals surface area contributed by atoms with Crippen LogP contribution in [0.1, 0.15) is 20.8 Å². The molecule has 1 atom stereocenters. The quantitative estimate of drug-likeness (QED) is 0.701. The Morgan fingerprint density at radius 3 is 2.17 bits per heavy atom. The Bertz CT molecular complexity index is 299. The average Bonchev–Trinajstić information content (AvgIpc) is 2.35. The second-order valence-corrected chi connectivity index (χ2v) is 4.97. The fourth-order valence-corrected chi connectivity index (χ4v) is 1.92. The Balaban J connectivity index is 2.35. The van der Waals surface area contributed by atoms with Gasteiger partial charge in [-0.1, -0.05) is 13.8 Å². The van der Waals surface area contributed by atoms with Gasteiger partial charge in [-0.3, -0.25) is 14.5 Å². The molecule has 1 rings (SSSR count). The Hall–Kier alpha value is -1.14. The lowest BCUT2D eigenvalue weighted by molar-refractivity contribution is -0.144. The number of rotatable bonds is 5. The molecule has 0 radical (unpaired) electrons. The van der Waals surface area contributed by atoms with Gasteiger partial charge in [-0.15, -0.1) is 0 Å². The van der Waals surface area contributed by atoms with Crippen molar-refractivity contribution < 1.29 is 14.7 Å². The largest absolute Gasteiger partial charge is 0.480 e. The highest BCUT2D eigenvalue weighted by atomic mass is 16.4. The minimum atomic E-state index is -0.809. The number of nitrogens with one attached hydrogen (secondary N) is 1. The molecule has 6 heteroatoms. The maximum Gasteiger partial charge on any atom is 0.320 e. The lowest BCUT2D eigenvalue weighted by Gasteiger charge is -2.36. The molecule has 1 fully saturated rings. The first-order chi connectivity index (χ1) is 8.41. The molecular weight excluding hydrogens is 234 g/mol. The predicted octanol–water partition coefficient (Wildman–Crippen LogP) is -0.398. The summed E-state index contributed by atoms with van der Waals surface area (Å²) in [6, 6.07) is -0.182. The van der Waals surface area contributed by atoms with Crippen molar-refractivity contribution in [1.82, 2.24) is 15.1 Å². The molecule has 0 bridgehead atoms. The summed E-state index contributed by atoms with van der Waals surface area (Å²) >= 11 is 0. The molecule has 1 aliphatic heterocycles. The molecule has 0 aromatic rings. The number of carboxylic acids is 1. The van der Waals surface area contributed by atoms with Gasteiger partial charge in [0.05, 0.1) is 6.54 Å². The van der Waals surface area contributed by atoms with Crippen molar-refractivity contribution in [3.05, 3.63) is 0 Å². The van der Waals surface area contributed by atoms with Gasteiger partial charge in [-0.2, -0.15) is 0 Å². The van der Waals surface area contributed by atoms with E-state index >= 15 is 0 Å². The summed E-state index contributed by atoms with van der Waals surface area (Å²) in [6.45, 7) is 8.50. The van der Waals surface area contributed by atoms with Crippen LogP contribution < -0.4 is 5.32 Å². The predicted molar refractivity (Wildman–Crippen MR) is 68.4 cm³/mol. The minimum Gasteiger partial charge on any atom is -0.480 e. The van der Waals surface area contributed by atoms with Crippen LogP contribution in [0.15, 0.2) is 0 Å². The second-order valence-electron chi connectivity index (χ2n) is 4.97. The number of carbonyl (C=O) groups is 2. The Morgan fingerprint density at radius 1 is 1.17 bits per heavy atom. The summed E-state index contributed by atoms with van der Waals surface area (Å²) in [5.74, 6) is -0.720. The summed E-state index contributed by atoms with van der Waals surface area (Å²) in [4.78, 5) is 26.4. The highest BCUT2D eigenvalue weighted by molar-refractivity contribution is 5.78. The number of carbonyl (C=O) groups excluding carboxylic acids is 1.